The molecule has 65 heavy (non-hydrogen) atoms. The van der Waals surface area contributed by atoms with E-state index in [0.29, 0.717) is 6.42 Å². The van der Waals surface area contributed by atoms with E-state index in [1.54, 1.807) is 6.08 Å². The Morgan fingerprint density at radius 2 is 0.954 bits per heavy atom. The molecule has 0 aliphatic carbocycles. The summed E-state index contributed by atoms with van der Waals surface area (Å²) in [5, 5.41) is 53.8. The molecule has 0 aromatic heterocycles. The number of aliphatic hydroxyl groups is 5. The molecule has 7 atom stereocenters. The van der Waals surface area contributed by atoms with E-state index in [-0.39, 0.29) is 12.5 Å². The summed E-state index contributed by atoms with van der Waals surface area (Å²) in [5.74, 6) is -0.192. The van der Waals surface area contributed by atoms with Crippen molar-refractivity contribution in [3.8, 4) is 0 Å². The molecule has 0 aromatic rings. The Kier molecular flexibility index (Phi) is 41.1. The zero-order valence-corrected chi connectivity index (χ0v) is 40.7. The second-order valence-electron chi connectivity index (χ2n) is 17.2. The third-order valence-corrected chi connectivity index (χ3v) is 11.4. The Balaban J connectivity index is 2.05. The van der Waals surface area contributed by atoms with Gasteiger partial charge in [-0.15, -0.1) is 0 Å². The number of hydrogen-bond acceptors (Lipinski definition) is 8. The van der Waals surface area contributed by atoms with Crippen molar-refractivity contribution in [1.29, 1.82) is 0 Å². The zero-order chi connectivity index (χ0) is 47.3. The van der Waals surface area contributed by atoms with Gasteiger partial charge in [-0.3, -0.25) is 4.79 Å². The van der Waals surface area contributed by atoms with Gasteiger partial charge in [-0.2, -0.15) is 0 Å². The van der Waals surface area contributed by atoms with Crippen LogP contribution in [0.2, 0.25) is 0 Å². The number of hydrogen-bond donors (Lipinski definition) is 6. The van der Waals surface area contributed by atoms with Crippen molar-refractivity contribution in [1.82, 2.24) is 5.32 Å². The predicted molar refractivity (Wildman–Crippen MR) is 271 cm³/mol. The van der Waals surface area contributed by atoms with Crippen LogP contribution in [0, 0.1) is 0 Å². The first-order valence-electron chi connectivity index (χ1n) is 25.6. The number of allylic oxidation sites excluding steroid dienone is 17. The van der Waals surface area contributed by atoms with Gasteiger partial charge in [-0.05, 0) is 83.5 Å². The number of rotatable bonds is 41. The minimum atomic E-state index is -1.57. The Hall–Kier alpha value is -3.15. The first-order chi connectivity index (χ1) is 31.8. The molecule has 0 spiro atoms. The molecule has 7 unspecified atom stereocenters. The maximum absolute atomic E-state index is 12.9. The van der Waals surface area contributed by atoms with Crippen LogP contribution < -0.4 is 5.32 Å². The second kappa shape index (κ2) is 44.7. The molecule has 1 rings (SSSR count). The van der Waals surface area contributed by atoms with Crippen molar-refractivity contribution in [2.75, 3.05) is 13.2 Å². The van der Waals surface area contributed by atoms with Crippen LogP contribution in [0.1, 0.15) is 181 Å². The third kappa shape index (κ3) is 34.8. The molecule has 9 heteroatoms. The molecule has 1 amide bonds. The Bertz CT molecular complexity index is 1380. The van der Waals surface area contributed by atoms with Gasteiger partial charge in [-0.25, -0.2) is 0 Å². The van der Waals surface area contributed by atoms with Gasteiger partial charge in [0.05, 0.1) is 25.4 Å². The lowest BCUT2D eigenvalue weighted by Crippen LogP contribution is -2.60. The summed E-state index contributed by atoms with van der Waals surface area (Å²) in [4.78, 5) is 12.9. The second-order valence-corrected chi connectivity index (χ2v) is 17.2. The summed E-state index contributed by atoms with van der Waals surface area (Å²) in [6.45, 7) is 3.52. The van der Waals surface area contributed by atoms with E-state index in [2.05, 4.69) is 116 Å². The van der Waals surface area contributed by atoms with Crippen LogP contribution in [0.25, 0.3) is 0 Å². The van der Waals surface area contributed by atoms with E-state index < -0.39 is 49.5 Å². The number of amides is 1. The highest BCUT2D eigenvalue weighted by Crippen LogP contribution is 2.22. The third-order valence-electron chi connectivity index (χ3n) is 11.4. The highest BCUT2D eigenvalue weighted by Gasteiger charge is 2.44. The number of aliphatic hydroxyl groups excluding tert-OH is 5. The van der Waals surface area contributed by atoms with E-state index >= 15 is 0 Å². The van der Waals surface area contributed by atoms with Gasteiger partial charge in [-0.1, -0.05) is 200 Å². The van der Waals surface area contributed by atoms with Crippen LogP contribution >= 0.6 is 0 Å². The molecule has 0 saturated carbocycles. The lowest BCUT2D eigenvalue weighted by molar-refractivity contribution is -0.302. The average Bonchev–Trinajstić information content (AvgIpc) is 3.31. The first kappa shape index (κ1) is 59.9. The number of unbranched alkanes of at least 4 members (excludes halogenated alkanes) is 15. The molecule has 0 bridgehead atoms. The van der Waals surface area contributed by atoms with Gasteiger partial charge in [0.15, 0.2) is 6.29 Å². The number of carbonyl (C=O) groups is 1. The standard InChI is InChI=1S/C56H93NO8/c1-3-5-7-9-10-11-12-13-14-15-16-17-18-19-20-21-22-23-24-25-26-27-28-29-30-31-32-33-34-35-36-37-38-39-40-42-44-46-52(60)57-49(50(59)45-43-41-8-6-4-2)48-64-56-55(63)54(62)53(61)51(47-58)65-56/h5,7,10-11,13-14,16-17,19-20,22-23,25-26,28-29,43,45,49-51,53-56,58-59,61-63H,3-4,6,8-9,12,15,18,21,24,27,30-42,44,46-48H2,1-2H3,(H,57,60)/b7-5-,11-10-,14-13-,17-16-,20-19-,23-22-,26-25-,29-28-,45-43+. The molecule has 1 aliphatic heterocycles. The highest BCUT2D eigenvalue weighted by atomic mass is 16.7. The smallest absolute Gasteiger partial charge is 0.220 e. The van der Waals surface area contributed by atoms with Crippen LogP contribution in [-0.4, -0.2) is 87.5 Å². The summed E-state index contributed by atoms with van der Waals surface area (Å²) in [5.41, 5.74) is 0. The van der Waals surface area contributed by atoms with Crippen molar-refractivity contribution in [2.24, 2.45) is 0 Å². The molecule has 0 aromatic carbocycles. The fourth-order valence-electron chi connectivity index (χ4n) is 7.29. The van der Waals surface area contributed by atoms with E-state index in [4.69, 9.17) is 9.47 Å². The van der Waals surface area contributed by atoms with Crippen molar-refractivity contribution in [3.05, 3.63) is 109 Å². The van der Waals surface area contributed by atoms with Gasteiger partial charge < -0.3 is 40.3 Å². The molecule has 0 radical (unpaired) electrons. The van der Waals surface area contributed by atoms with Crippen molar-refractivity contribution < 1.29 is 39.8 Å². The number of nitrogens with one attached hydrogen (secondary N) is 1. The SMILES string of the molecule is CC/C=C\C/C=C\C/C=C\C/C=C\C/C=C\C/C=C\C/C=C\C/C=C\CCCCCCCCCCCCCCC(=O)NC(COC1OC(CO)C(O)C(O)C1O)C(O)/C=C/CCCCC. The fraction of sp³-hybridized carbons (Fsp3) is 0.661. The van der Waals surface area contributed by atoms with Crippen LogP contribution in [0.15, 0.2) is 109 Å². The molecular weight excluding hydrogens is 815 g/mol. The topological polar surface area (TPSA) is 149 Å². The maximum Gasteiger partial charge on any atom is 0.220 e. The first-order valence-corrected chi connectivity index (χ1v) is 25.6. The Morgan fingerprint density at radius 3 is 1.42 bits per heavy atom. The number of carbonyl (C=O) groups excluding carboxylic acids is 1. The molecule has 9 nitrogen and oxygen atoms in total. The van der Waals surface area contributed by atoms with Crippen LogP contribution in [0.5, 0.6) is 0 Å². The lowest BCUT2D eigenvalue weighted by atomic mass is 9.99. The molecule has 1 saturated heterocycles. The van der Waals surface area contributed by atoms with E-state index in [1.807, 2.05) is 6.08 Å². The van der Waals surface area contributed by atoms with Crippen LogP contribution in [0.4, 0.5) is 0 Å². The Labute approximate surface area is 396 Å². The largest absolute Gasteiger partial charge is 0.394 e. The monoisotopic (exact) mass is 908 g/mol. The summed E-state index contributed by atoms with van der Waals surface area (Å²) in [6.07, 6.45) is 59.2. The molecule has 1 fully saturated rings. The number of ether oxygens (including phenoxy) is 2. The zero-order valence-electron chi connectivity index (χ0n) is 40.7. The van der Waals surface area contributed by atoms with Gasteiger partial charge in [0.25, 0.3) is 0 Å². The van der Waals surface area contributed by atoms with Crippen LogP contribution in [0.3, 0.4) is 0 Å². The maximum atomic E-state index is 12.9. The minimum absolute atomic E-state index is 0.192. The van der Waals surface area contributed by atoms with Gasteiger partial charge >= 0.3 is 0 Å². The van der Waals surface area contributed by atoms with Gasteiger partial charge in [0.2, 0.25) is 5.91 Å². The normalized spacial score (nSPS) is 20.9. The molecule has 370 valence electrons. The van der Waals surface area contributed by atoms with Crippen molar-refractivity contribution in [2.45, 2.75) is 224 Å². The minimum Gasteiger partial charge on any atom is -0.394 e. The Morgan fingerprint density at radius 1 is 0.538 bits per heavy atom. The summed E-state index contributed by atoms with van der Waals surface area (Å²) in [7, 11) is 0. The van der Waals surface area contributed by atoms with Gasteiger partial charge in [0.1, 0.15) is 24.4 Å². The highest BCUT2D eigenvalue weighted by molar-refractivity contribution is 5.76. The van der Waals surface area contributed by atoms with Gasteiger partial charge in [0, 0.05) is 6.42 Å². The van der Waals surface area contributed by atoms with E-state index in [1.165, 1.54) is 64.2 Å². The predicted octanol–water partition coefficient (Wildman–Crippen LogP) is 11.8. The summed E-state index contributed by atoms with van der Waals surface area (Å²) < 4.78 is 11.1. The van der Waals surface area contributed by atoms with E-state index in [0.717, 1.165) is 96.3 Å². The van der Waals surface area contributed by atoms with Crippen molar-refractivity contribution in [3.63, 3.8) is 0 Å². The fourth-order valence-corrected chi connectivity index (χ4v) is 7.29. The summed E-state index contributed by atoms with van der Waals surface area (Å²) >= 11 is 0. The quantitative estimate of drug-likeness (QED) is 0.0262. The van der Waals surface area contributed by atoms with Crippen LogP contribution in [-0.2, 0) is 14.3 Å². The molecule has 1 aliphatic rings. The molecular formula is C56H93NO8. The van der Waals surface area contributed by atoms with Crippen molar-refractivity contribution >= 4 is 5.91 Å². The van der Waals surface area contributed by atoms with E-state index in [9.17, 15) is 30.3 Å². The summed E-state index contributed by atoms with van der Waals surface area (Å²) in [6, 6.07) is -0.808. The lowest BCUT2D eigenvalue weighted by Gasteiger charge is -2.40. The molecule has 1 heterocycles. The molecule has 6 N–H and O–H groups in total. The average molecular weight is 908 g/mol.